The molecule has 1 atom stereocenters. The third kappa shape index (κ3) is 4.01. The van der Waals surface area contributed by atoms with Crippen molar-refractivity contribution in [3.63, 3.8) is 0 Å². The lowest BCUT2D eigenvalue weighted by atomic mass is 10.00. The summed E-state index contributed by atoms with van der Waals surface area (Å²) < 4.78 is 1.09. The van der Waals surface area contributed by atoms with Crippen LogP contribution < -0.4 is 5.32 Å². The van der Waals surface area contributed by atoms with Crippen molar-refractivity contribution in [3.8, 4) is 0 Å². The molecule has 2 rings (SSSR count). The van der Waals surface area contributed by atoms with E-state index in [1.807, 2.05) is 24.3 Å². The topological polar surface area (TPSA) is 72.2 Å². The molecule has 0 radical (unpaired) electrons. The van der Waals surface area contributed by atoms with Gasteiger partial charge in [-0.2, -0.15) is 0 Å². The summed E-state index contributed by atoms with van der Waals surface area (Å²) in [5.41, 5.74) is 1.49. The molecule has 0 saturated carbocycles. The van der Waals surface area contributed by atoms with E-state index in [1.165, 1.54) is 12.1 Å². The van der Waals surface area contributed by atoms with Crippen LogP contribution in [0.5, 0.6) is 0 Å². The summed E-state index contributed by atoms with van der Waals surface area (Å²) in [5.74, 6) is -0.532. The summed E-state index contributed by atoms with van der Waals surface area (Å²) in [6.07, 6.45) is 0. The highest BCUT2D eigenvalue weighted by atomic mass is 127. The van der Waals surface area contributed by atoms with E-state index in [4.69, 9.17) is 0 Å². The van der Waals surface area contributed by atoms with Crippen molar-refractivity contribution in [2.45, 2.75) is 12.8 Å². The zero-order valence-electron chi connectivity index (χ0n) is 11.2. The van der Waals surface area contributed by atoms with Crippen LogP contribution in [0.2, 0.25) is 0 Å². The Balaban J connectivity index is 2.08. The molecule has 5 nitrogen and oxygen atoms in total. The van der Waals surface area contributed by atoms with E-state index in [0.717, 1.165) is 14.8 Å². The summed E-state index contributed by atoms with van der Waals surface area (Å²) >= 11 is 2.19. The molecule has 108 valence electrons. The largest absolute Gasteiger partial charge is 0.326 e. The number of non-ortho nitro benzene ring substituents is 1. The number of amides is 1. The van der Waals surface area contributed by atoms with E-state index in [1.54, 1.807) is 19.1 Å². The molecule has 0 aliphatic heterocycles. The molecule has 0 fully saturated rings. The van der Waals surface area contributed by atoms with Gasteiger partial charge in [-0.3, -0.25) is 14.9 Å². The molecule has 6 heteroatoms. The van der Waals surface area contributed by atoms with Gasteiger partial charge in [0, 0.05) is 21.4 Å². The summed E-state index contributed by atoms with van der Waals surface area (Å²) in [4.78, 5) is 22.3. The zero-order chi connectivity index (χ0) is 15.4. The lowest BCUT2D eigenvalue weighted by Crippen LogP contribution is -2.18. The second kappa shape index (κ2) is 6.66. The Hall–Kier alpha value is -1.96. The molecule has 0 spiro atoms. The summed E-state index contributed by atoms with van der Waals surface area (Å²) in [6.45, 7) is 1.77. The first-order valence-electron chi connectivity index (χ1n) is 6.28. The van der Waals surface area contributed by atoms with E-state index in [9.17, 15) is 14.9 Å². The number of nitrogens with zero attached hydrogens (tertiary/aromatic N) is 1. The lowest BCUT2D eigenvalue weighted by molar-refractivity contribution is -0.384. The second-order valence-electron chi connectivity index (χ2n) is 4.57. The predicted octanol–water partition coefficient (Wildman–Crippen LogP) is 3.94. The van der Waals surface area contributed by atoms with Crippen LogP contribution in [0, 0.1) is 13.7 Å². The van der Waals surface area contributed by atoms with Crippen LogP contribution in [-0.4, -0.2) is 10.8 Å². The van der Waals surface area contributed by atoms with Crippen LogP contribution in [0.4, 0.5) is 11.4 Å². The SMILES string of the molecule is C[C@@H](C(=O)Nc1ccc(I)cc1)c1ccc([N+](=O)[O-])cc1. The predicted molar refractivity (Wildman–Crippen MR) is 89.3 cm³/mol. The van der Waals surface area contributed by atoms with Gasteiger partial charge in [0.15, 0.2) is 0 Å². The first-order chi connectivity index (χ1) is 9.97. The number of nitro benzene ring substituents is 1. The molecule has 0 bridgehead atoms. The van der Waals surface area contributed by atoms with Gasteiger partial charge in [0.2, 0.25) is 5.91 Å². The third-order valence-corrected chi connectivity index (χ3v) is 3.83. The van der Waals surface area contributed by atoms with Crippen molar-refractivity contribution >= 4 is 39.9 Å². The zero-order valence-corrected chi connectivity index (χ0v) is 13.4. The van der Waals surface area contributed by atoms with Gasteiger partial charge < -0.3 is 5.32 Å². The molecular formula is C15H13IN2O3. The highest BCUT2D eigenvalue weighted by Crippen LogP contribution is 2.21. The first-order valence-corrected chi connectivity index (χ1v) is 7.36. The maximum Gasteiger partial charge on any atom is 0.269 e. The minimum atomic E-state index is -0.458. The van der Waals surface area contributed by atoms with Crippen molar-refractivity contribution < 1.29 is 9.72 Å². The number of hydrogen-bond donors (Lipinski definition) is 1. The van der Waals surface area contributed by atoms with Crippen LogP contribution in [0.1, 0.15) is 18.4 Å². The number of carbonyl (C=O) groups excluding carboxylic acids is 1. The maximum atomic E-state index is 12.2. The monoisotopic (exact) mass is 396 g/mol. The molecule has 0 heterocycles. The number of carbonyl (C=O) groups is 1. The van der Waals surface area contributed by atoms with E-state index < -0.39 is 4.92 Å². The number of rotatable bonds is 4. The van der Waals surface area contributed by atoms with Crippen molar-refractivity contribution in [1.29, 1.82) is 0 Å². The fourth-order valence-electron chi connectivity index (χ4n) is 1.82. The highest BCUT2D eigenvalue weighted by molar-refractivity contribution is 14.1. The molecule has 0 aromatic heterocycles. The highest BCUT2D eigenvalue weighted by Gasteiger charge is 2.16. The van der Waals surface area contributed by atoms with Gasteiger partial charge in [-0.15, -0.1) is 0 Å². The molecule has 2 aromatic carbocycles. The van der Waals surface area contributed by atoms with Gasteiger partial charge in [0.05, 0.1) is 10.8 Å². The van der Waals surface area contributed by atoms with Crippen LogP contribution in [0.3, 0.4) is 0 Å². The van der Waals surface area contributed by atoms with Crippen molar-refractivity contribution in [3.05, 3.63) is 67.8 Å². The summed E-state index contributed by atoms with van der Waals surface area (Å²) in [7, 11) is 0. The van der Waals surface area contributed by atoms with Gasteiger partial charge in [-0.05, 0) is 59.3 Å². The van der Waals surface area contributed by atoms with Crippen LogP contribution in [0.15, 0.2) is 48.5 Å². The minimum absolute atomic E-state index is 0.0176. The normalized spacial score (nSPS) is 11.7. The van der Waals surface area contributed by atoms with Gasteiger partial charge in [-0.1, -0.05) is 12.1 Å². The van der Waals surface area contributed by atoms with E-state index >= 15 is 0 Å². The Bertz CT molecular complexity index is 654. The quantitative estimate of drug-likeness (QED) is 0.484. The van der Waals surface area contributed by atoms with Crippen molar-refractivity contribution in [2.75, 3.05) is 5.32 Å². The smallest absolute Gasteiger partial charge is 0.269 e. The molecule has 21 heavy (non-hydrogen) atoms. The van der Waals surface area contributed by atoms with Gasteiger partial charge in [-0.25, -0.2) is 0 Å². The number of anilines is 1. The minimum Gasteiger partial charge on any atom is -0.326 e. The molecule has 0 unspecified atom stereocenters. The molecule has 2 aromatic rings. The van der Waals surface area contributed by atoms with Crippen LogP contribution in [-0.2, 0) is 4.79 Å². The average Bonchev–Trinajstić information content (AvgIpc) is 2.49. The Morgan fingerprint density at radius 1 is 1.14 bits per heavy atom. The number of nitro groups is 1. The number of nitrogens with one attached hydrogen (secondary N) is 1. The van der Waals surface area contributed by atoms with Crippen molar-refractivity contribution in [2.24, 2.45) is 0 Å². The summed E-state index contributed by atoms with van der Waals surface area (Å²) in [6, 6.07) is 13.5. The van der Waals surface area contributed by atoms with Crippen molar-refractivity contribution in [1.82, 2.24) is 0 Å². The lowest BCUT2D eigenvalue weighted by Gasteiger charge is -2.12. The van der Waals surface area contributed by atoms with Gasteiger partial charge in [0.1, 0.15) is 0 Å². The van der Waals surface area contributed by atoms with Gasteiger partial charge >= 0.3 is 0 Å². The second-order valence-corrected chi connectivity index (χ2v) is 5.81. The Morgan fingerprint density at radius 3 is 2.24 bits per heavy atom. The fraction of sp³-hybridized carbons (Fsp3) is 0.133. The molecular weight excluding hydrogens is 383 g/mol. The number of halogens is 1. The molecule has 1 N–H and O–H groups in total. The summed E-state index contributed by atoms with van der Waals surface area (Å²) in [5, 5.41) is 13.4. The van der Waals surface area contributed by atoms with Crippen LogP contribution in [0.25, 0.3) is 0 Å². The van der Waals surface area contributed by atoms with E-state index in [0.29, 0.717) is 0 Å². The third-order valence-electron chi connectivity index (χ3n) is 3.11. The average molecular weight is 396 g/mol. The van der Waals surface area contributed by atoms with Crippen LogP contribution >= 0.6 is 22.6 Å². The molecule has 0 aliphatic rings. The molecule has 0 aliphatic carbocycles. The molecule has 1 amide bonds. The maximum absolute atomic E-state index is 12.2. The first kappa shape index (κ1) is 15.4. The number of benzene rings is 2. The van der Waals surface area contributed by atoms with E-state index in [2.05, 4.69) is 27.9 Å². The standard InChI is InChI=1S/C15H13IN2O3/c1-10(11-2-8-14(9-3-11)18(20)21)15(19)17-13-6-4-12(16)5-7-13/h2-10H,1H3,(H,17,19)/t10-/m1/s1. The van der Waals surface area contributed by atoms with E-state index in [-0.39, 0.29) is 17.5 Å². The number of hydrogen-bond acceptors (Lipinski definition) is 3. The molecule has 0 saturated heterocycles. The fourth-order valence-corrected chi connectivity index (χ4v) is 2.18. The van der Waals surface area contributed by atoms with Gasteiger partial charge in [0.25, 0.3) is 5.69 Å². The Morgan fingerprint density at radius 2 is 1.71 bits per heavy atom. The Labute approximate surface area is 135 Å². The Kier molecular flexibility index (Phi) is 4.89.